The molecule has 0 fully saturated rings. The summed E-state index contributed by atoms with van der Waals surface area (Å²) in [5.41, 5.74) is 3.36. The van der Waals surface area contributed by atoms with Crippen LogP contribution in [0.2, 0.25) is 0 Å². The minimum absolute atomic E-state index is 0.0983. The van der Waals surface area contributed by atoms with Gasteiger partial charge in [-0.05, 0) is 36.2 Å². The van der Waals surface area contributed by atoms with Crippen LogP contribution in [0.25, 0.3) is 5.69 Å². The Morgan fingerprint density at radius 3 is 2.81 bits per heavy atom. The number of benzene rings is 2. The van der Waals surface area contributed by atoms with Crippen molar-refractivity contribution < 1.29 is 9.53 Å². The summed E-state index contributed by atoms with van der Waals surface area (Å²) in [5, 5.41) is 3.42. The number of thioether (sulfide) groups is 2. The van der Waals surface area contributed by atoms with Gasteiger partial charge in [0.15, 0.2) is 5.16 Å². The number of carbonyl (C=O) groups excluding carboxylic acids is 1. The lowest BCUT2D eigenvalue weighted by Crippen LogP contribution is -2.24. The lowest BCUT2D eigenvalue weighted by atomic mass is 10.1. The summed E-state index contributed by atoms with van der Waals surface area (Å²) < 4.78 is 6.89. The van der Waals surface area contributed by atoms with E-state index in [4.69, 9.17) is 9.72 Å². The van der Waals surface area contributed by atoms with Crippen molar-refractivity contribution in [1.82, 2.24) is 9.55 Å². The Labute approximate surface area is 189 Å². The van der Waals surface area contributed by atoms with Crippen LogP contribution in [0, 0.1) is 0 Å². The number of fused-ring (bicyclic) bond motifs is 1. The van der Waals surface area contributed by atoms with E-state index in [1.165, 1.54) is 29.1 Å². The van der Waals surface area contributed by atoms with Crippen molar-refractivity contribution in [3.63, 3.8) is 0 Å². The van der Waals surface area contributed by atoms with Crippen LogP contribution < -0.4 is 15.6 Å². The van der Waals surface area contributed by atoms with Crippen LogP contribution in [0.15, 0.2) is 63.4 Å². The van der Waals surface area contributed by atoms with E-state index in [1.54, 1.807) is 17.7 Å². The van der Waals surface area contributed by atoms with Gasteiger partial charge in [0.25, 0.3) is 5.56 Å². The third-order valence-electron chi connectivity index (χ3n) is 4.96. The predicted molar refractivity (Wildman–Crippen MR) is 126 cm³/mol. The second-order valence-corrected chi connectivity index (χ2v) is 9.05. The van der Waals surface area contributed by atoms with Crippen molar-refractivity contribution in [2.24, 2.45) is 0 Å². The van der Waals surface area contributed by atoms with E-state index in [0.717, 1.165) is 30.0 Å². The number of ether oxygens (including phenoxy) is 1. The Hall–Kier alpha value is -2.71. The molecule has 3 aromatic rings. The number of amides is 1. The molecule has 0 saturated heterocycles. The Bertz CT molecular complexity index is 1160. The zero-order valence-electron chi connectivity index (χ0n) is 17.4. The number of nitrogens with zero attached hydrogens (tertiary/aromatic N) is 2. The van der Waals surface area contributed by atoms with E-state index >= 15 is 0 Å². The summed E-state index contributed by atoms with van der Waals surface area (Å²) >= 11 is 2.80. The Morgan fingerprint density at radius 1 is 1.26 bits per heavy atom. The highest BCUT2D eigenvalue weighted by atomic mass is 32.2. The monoisotopic (exact) mass is 453 g/mol. The van der Waals surface area contributed by atoms with Gasteiger partial charge in [0.2, 0.25) is 5.91 Å². The molecule has 0 spiro atoms. The van der Waals surface area contributed by atoms with Crippen molar-refractivity contribution in [3.8, 4) is 11.4 Å². The highest BCUT2D eigenvalue weighted by Gasteiger charge is 2.23. The van der Waals surface area contributed by atoms with E-state index in [0.29, 0.717) is 21.5 Å². The Kier molecular flexibility index (Phi) is 6.67. The van der Waals surface area contributed by atoms with Crippen LogP contribution in [-0.4, -0.2) is 34.1 Å². The average molecular weight is 454 g/mol. The zero-order valence-corrected chi connectivity index (χ0v) is 19.0. The van der Waals surface area contributed by atoms with Gasteiger partial charge in [0, 0.05) is 23.9 Å². The lowest BCUT2D eigenvalue weighted by Gasteiger charge is -2.14. The van der Waals surface area contributed by atoms with E-state index in [-0.39, 0.29) is 17.2 Å². The minimum atomic E-state index is -0.143. The maximum atomic E-state index is 13.2. The summed E-state index contributed by atoms with van der Waals surface area (Å²) in [6.45, 7) is 2.09. The third-order valence-corrected chi connectivity index (χ3v) is 7.00. The third kappa shape index (κ3) is 4.80. The molecule has 0 saturated carbocycles. The standard InChI is InChI=1S/C23H23N3O3S2/c1-3-15-7-9-16(10-8-15)24-20(27)14-31-23-25-19-11-12-30-21(19)22(28)26(23)17-5-4-6-18(13-17)29-2/h4-10,13H,3,11-12,14H2,1-2H3,(H,24,27). The van der Waals surface area contributed by atoms with Crippen molar-refractivity contribution in [2.45, 2.75) is 29.8 Å². The van der Waals surface area contributed by atoms with Crippen molar-refractivity contribution in [3.05, 3.63) is 70.1 Å². The maximum Gasteiger partial charge on any atom is 0.272 e. The number of nitrogens with one attached hydrogen (secondary N) is 1. The molecular formula is C23H23N3O3S2. The van der Waals surface area contributed by atoms with Gasteiger partial charge in [-0.2, -0.15) is 0 Å². The molecule has 0 aliphatic carbocycles. The number of rotatable bonds is 7. The molecule has 6 nitrogen and oxygen atoms in total. The lowest BCUT2D eigenvalue weighted by molar-refractivity contribution is -0.113. The van der Waals surface area contributed by atoms with Crippen LogP contribution in [0.3, 0.4) is 0 Å². The topological polar surface area (TPSA) is 73.2 Å². The van der Waals surface area contributed by atoms with E-state index in [2.05, 4.69) is 12.2 Å². The summed E-state index contributed by atoms with van der Waals surface area (Å²) in [4.78, 5) is 31.2. The molecule has 1 aromatic heterocycles. The average Bonchev–Trinajstić information content (AvgIpc) is 3.27. The molecule has 4 rings (SSSR count). The second kappa shape index (κ2) is 9.62. The van der Waals surface area contributed by atoms with Crippen molar-refractivity contribution in [2.75, 3.05) is 23.9 Å². The molecule has 1 aliphatic rings. The quantitative estimate of drug-likeness (QED) is 0.427. The van der Waals surface area contributed by atoms with Gasteiger partial charge in [-0.3, -0.25) is 14.2 Å². The first-order chi connectivity index (χ1) is 15.1. The first-order valence-corrected chi connectivity index (χ1v) is 12.0. The molecule has 0 unspecified atom stereocenters. The fraction of sp³-hybridized carbons (Fsp3) is 0.261. The maximum absolute atomic E-state index is 13.2. The molecule has 160 valence electrons. The number of methoxy groups -OCH3 is 1. The molecule has 1 amide bonds. The van der Waals surface area contributed by atoms with Crippen molar-refractivity contribution >= 4 is 35.1 Å². The summed E-state index contributed by atoms with van der Waals surface area (Å²) in [6, 6.07) is 15.1. The smallest absolute Gasteiger partial charge is 0.272 e. The first kappa shape index (κ1) is 21.5. The molecule has 1 N–H and O–H groups in total. The minimum Gasteiger partial charge on any atom is -0.497 e. The number of carbonyl (C=O) groups is 1. The van der Waals surface area contributed by atoms with Crippen molar-refractivity contribution in [1.29, 1.82) is 0 Å². The number of aromatic nitrogens is 2. The molecule has 1 aliphatic heterocycles. The SMILES string of the molecule is CCc1ccc(NC(=O)CSc2nc3c(c(=O)n2-c2cccc(OC)c2)SCC3)cc1. The molecule has 31 heavy (non-hydrogen) atoms. The number of anilines is 1. The van der Waals surface area contributed by atoms with Gasteiger partial charge >= 0.3 is 0 Å². The molecule has 8 heteroatoms. The molecule has 2 heterocycles. The van der Waals surface area contributed by atoms with Crippen LogP contribution in [-0.2, 0) is 17.6 Å². The van der Waals surface area contributed by atoms with E-state index < -0.39 is 0 Å². The predicted octanol–water partition coefficient (Wildman–Crippen LogP) is 4.18. The number of aryl methyl sites for hydroxylation is 2. The van der Waals surface area contributed by atoms with Gasteiger partial charge in [0.05, 0.1) is 29.1 Å². The van der Waals surface area contributed by atoms with Gasteiger partial charge in [-0.25, -0.2) is 4.98 Å². The molecular weight excluding hydrogens is 430 g/mol. The van der Waals surface area contributed by atoms with Gasteiger partial charge in [-0.1, -0.05) is 36.9 Å². The highest BCUT2D eigenvalue weighted by molar-refractivity contribution is 8.00. The van der Waals surface area contributed by atoms with E-state index in [9.17, 15) is 9.59 Å². The fourth-order valence-corrected chi connectivity index (χ4v) is 5.17. The summed E-state index contributed by atoms with van der Waals surface area (Å²) in [7, 11) is 1.59. The number of hydrogen-bond acceptors (Lipinski definition) is 6. The summed E-state index contributed by atoms with van der Waals surface area (Å²) in [5.74, 6) is 1.51. The summed E-state index contributed by atoms with van der Waals surface area (Å²) in [6.07, 6.45) is 1.71. The first-order valence-electron chi connectivity index (χ1n) is 10.0. The van der Waals surface area contributed by atoms with Crippen LogP contribution in [0.4, 0.5) is 5.69 Å². The van der Waals surface area contributed by atoms with Crippen LogP contribution in [0.5, 0.6) is 5.75 Å². The molecule has 2 aromatic carbocycles. The van der Waals surface area contributed by atoms with Crippen LogP contribution >= 0.6 is 23.5 Å². The van der Waals surface area contributed by atoms with Gasteiger partial charge < -0.3 is 10.1 Å². The fourth-order valence-electron chi connectivity index (χ4n) is 3.32. The zero-order chi connectivity index (χ0) is 21.8. The normalized spacial score (nSPS) is 12.5. The molecule has 0 atom stereocenters. The molecule has 0 bridgehead atoms. The van der Waals surface area contributed by atoms with Crippen LogP contribution in [0.1, 0.15) is 18.2 Å². The largest absolute Gasteiger partial charge is 0.497 e. The Morgan fingerprint density at radius 2 is 2.06 bits per heavy atom. The van der Waals surface area contributed by atoms with Gasteiger partial charge in [-0.15, -0.1) is 11.8 Å². The van der Waals surface area contributed by atoms with Gasteiger partial charge in [0.1, 0.15) is 5.75 Å². The second-order valence-electron chi connectivity index (χ2n) is 7.00. The molecule has 0 radical (unpaired) electrons. The highest BCUT2D eigenvalue weighted by Crippen LogP contribution is 2.30. The number of hydrogen-bond donors (Lipinski definition) is 1. The Balaban J connectivity index is 1.59. The van der Waals surface area contributed by atoms with E-state index in [1.807, 2.05) is 42.5 Å².